The topological polar surface area (TPSA) is 35.2 Å². The molecule has 2 N–H and O–H groups in total. The van der Waals surface area contributed by atoms with Crippen LogP contribution in [0.25, 0.3) is 0 Å². The Morgan fingerprint density at radius 1 is 1.25 bits per heavy atom. The van der Waals surface area contributed by atoms with Gasteiger partial charge in [-0.2, -0.15) is 0 Å². The highest BCUT2D eigenvalue weighted by Gasteiger charge is 2.08. The van der Waals surface area contributed by atoms with E-state index in [0.29, 0.717) is 11.6 Å². The van der Waals surface area contributed by atoms with Crippen LogP contribution in [0, 0.1) is 26.7 Å². The van der Waals surface area contributed by atoms with E-state index < -0.39 is 0 Å². The summed E-state index contributed by atoms with van der Waals surface area (Å²) < 4.78 is 5.73. The van der Waals surface area contributed by atoms with Gasteiger partial charge in [0.15, 0.2) is 0 Å². The number of hydrogen-bond acceptors (Lipinski definition) is 2. The molecule has 1 aromatic rings. The molecule has 0 fully saturated rings. The largest absolute Gasteiger partial charge is 0.493 e. The van der Waals surface area contributed by atoms with Gasteiger partial charge in [-0.05, 0) is 43.5 Å². The van der Waals surface area contributed by atoms with Crippen molar-refractivity contribution in [2.75, 3.05) is 6.61 Å². The van der Waals surface area contributed by atoms with E-state index in [0.717, 1.165) is 11.3 Å². The molecule has 1 unspecified atom stereocenters. The van der Waals surface area contributed by atoms with Gasteiger partial charge in [0.25, 0.3) is 0 Å². The molecule has 0 aliphatic rings. The van der Waals surface area contributed by atoms with Crippen molar-refractivity contribution < 1.29 is 4.74 Å². The zero-order valence-electron chi connectivity index (χ0n) is 10.3. The maximum absolute atomic E-state index is 5.73. The van der Waals surface area contributed by atoms with Crippen molar-refractivity contribution >= 4 is 17.2 Å². The van der Waals surface area contributed by atoms with Gasteiger partial charge in [-0.15, -0.1) is 0 Å². The molecule has 0 saturated heterocycles. The number of thiocarbonyl (C=S) groups is 1. The lowest BCUT2D eigenvalue weighted by molar-refractivity contribution is 0.291. The fraction of sp³-hybridized carbons (Fsp3) is 0.462. The first-order chi connectivity index (χ1) is 7.41. The highest BCUT2D eigenvalue weighted by molar-refractivity contribution is 7.80. The van der Waals surface area contributed by atoms with Crippen LogP contribution in [-0.4, -0.2) is 11.6 Å². The van der Waals surface area contributed by atoms with E-state index in [4.69, 9.17) is 22.7 Å². The summed E-state index contributed by atoms with van der Waals surface area (Å²) in [6, 6.07) is 4.20. The Bertz CT molecular complexity index is 401. The van der Waals surface area contributed by atoms with Crippen molar-refractivity contribution in [2.24, 2.45) is 11.7 Å². The molecule has 0 bridgehead atoms. The van der Waals surface area contributed by atoms with E-state index >= 15 is 0 Å². The van der Waals surface area contributed by atoms with Gasteiger partial charge in [0.2, 0.25) is 0 Å². The van der Waals surface area contributed by atoms with Gasteiger partial charge in [0, 0.05) is 5.92 Å². The molecular formula is C13H19NOS. The molecule has 0 saturated carbocycles. The average Bonchev–Trinajstić information content (AvgIpc) is 2.20. The number of ether oxygens (including phenoxy) is 1. The third kappa shape index (κ3) is 3.20. The summed E-state index contributed by atoms with van der Waals surface area (Å²) >= 11 is 4.91. The summed E-state index contributed by atoms with van der Waals surface area (Å²) in [7, 11) is 0. The van der Waals surface area contributed by atoms with Gasteiger partial charge in [0.1, 0.15) is 5.75 Å². The van der Waals surface area contributed by atoms with Crippen molar-refractivity contribution in [1.29, 1.82) is 0 Å². The molecule has 0 heterocycles. The zero-order valence-corrected chi connectivity index (χ0v) is 11.1. The maximum atomic E-state index is 5.73. The van der Waals surface area contributed by atoms with Crippen molar-refractivity contribution in [2.45, 2.75) is 27.7 Å². The summed E-state index contributed by atoms with van der Waals surface area (Å²) in [6.07, 6.45) is 0. The van der Waals surface area contributed by atoms with Crippen LogP contribution in [0.4, 0.5) is 0 Å². The normalized spacial score (nSPS) is 12.2. The van der Waals surface area contributed by atoms with Crippen LogP contribution in [0.3, 0.4) is 0 Å². The third-order valence-electron chi connectivity index (χ3n) is 2.77. The van der Waals surface area contributed by atoms with Gasteiger partial charge in [-0.1, -0.05) is 25.2 Å². The van der Waals surface area contributed by atoms with Crippen LogP contribution >= 0.6 is 12.2 Å². The second-order valence-corrected chi connectivity index (χ2v) is 4.79. The standard InChI is InChI=1S/C13H19NOS/c1-8-5-10(3)12(6-9(8)2)15-7-11(4)13(14)16/h5-6,11H,7H2,1-4H3,(H2,14,16). The first kappa shape index (κ1) is 13.0. The molecule has 2 nitrogen and oxygen atoms in total. The molecule has 0 aliphatic carbocycles. The van der Waals surface area contributed by atoms with Crippen molar-refractivity contribution in [3.63, 3.8) is 0 Å². The lowest BCUT2D eigenvalue weighted by Gasteiger charge is -2.14. The quantitative estimate of drug-likeness (QED) is 0.818. The van der Waals surface area contributed by atoms with Crippen LogP contribution in [0.15, 0.2) is 12.1 Å². The lowest BCUT2D eigenvalue weighted by Crippen LogP contribution is -2.24. The van der Waals surface area contributed by atoms with Crippen LogP contribution in [-0.2, 0) is 0 Å². The summed E-state index contributed by atoms with van der Waals surface area (Å²) in [5.41, 5.74) is 9.22. The highest BCUT2D eigenvalue weighted by Crippen LogP contribution is 2.22. The summed E-state index contributed by atoms with van der Waals surface area (Å²) in [4.78, 5) is 0.501. The highest BCUT2D eigenvalue weighted by atomic mass is 32.1. The van der Waals surface area contributed by atoms with E-state index in [1.54, 1.807) is 0 Å². The molecule has 16 heavy (non-hydrogen) atoms. The number of rotatable bonds is 4. The minimum atomic E-state index is 0.107. The second kappa shape index (κ2) is 5.30. The summed E-state index contributed by atoms with van der Waals surface area (Å²) in [5, 5.41) is 0. The Hall–Kier alpha value is -1.09. The van der Waals surface area contributed by atoms with Crippen LogP contribution in [0.5, 0.6) is 5.75 Å². The molecule has 0 aliphatic heterocycles. The molecule has 0 aromatic heterocycles. The number of benzene rings is 1. The summed E-state index contributed by atoms with van der Waals surface area (Å²) in [6.45, 7) is 8.74. The van der Waals surface area contributed by atoms with Gasteiger partial charge in [-0.25, -0.2) is 0 Å². The Morgan fingerprint density at radius 2 is 1.81 bits per heavy atom. The van der Waals surface area contributed by atoms with E-state index in [1.165, 1.54) is 11.1 Å². The van der Waals surface area contributed by atoms with Gasteiger partial charge >= 0.3 is 0 Å². The minimum absolute atomic E-state index is 0.107. The van der Waals surface area contributed by atoms with Crippen molar-refractivity contribution in [3.05, 3.63) is 28.8 Å². The number of aryl methyl sites for hydroxylation is 3. The Morgan fingerprint density at radius 3 is 2.38 bits per heavy atom. The Balaban J connectivity index is 2.74. The van der Waals surface area contributed by atoms with E-state index in [9.17, 15) is 0 Å². The SMILES string of the molecule is Cc1cc(C)c(OCC(C)C(N)=S)cc1C. The molecule has 1 rings (SSSR count). The molecule has 0 spiro atoms. The van der Waals surface area contributed by atoms with Gasteiger partial charge < -0.3 is 10.5 Å². The Kier molecular flexibility index (Phi) is 4.30. The molecule has 1 aromatic carbocycles. The predicted octanol–water partition coefficient (Wildman–Crippen LogP) is 2.91. The second-order valence-electron chi connectivity index (χ2n) is 4.32. The number of nitrogens with two attached hydrogens (primary N) is 1. The molecule has 3 heteroatoms. The number of hydrogen-bond donors (Lipinski definition) is 1. The smallest absolute Gasteiger partial charge is 0.122 e. The van der Waals surface area contributed by atoms with E-state index in [2.05, 4.69) is 26.0 Å². The molecule has 1 atom stereocenters. The van der Waals surface area contributed by atoms with Crippen molar-refractivity contribution in [3.8, 4) is 5.75 Å². The maximum Gasteiger partial charge on any atom is 0.122 e. The molecule has 88 valence electrons. The minimum Gasteiger partial charge on any atom is -0.493 e. The predicted molar refractivity (Wildman–Crippen MR) is 72.1 cm³/mol. The van der Waals surface area contributed by atoms with Crippen molar-refractivity contribution in [1.82, 2.24) is 0 Å². The molecular weight excluding hydrogens is 218 g/mol. The fourth-order valence-electron chi connectivity index (χ4n) is 1.39. The summed E-state index contributed by atoms with van der Waals surface area (Å²) in [5.74, 6) is 1.03. The molecule has 0 amide bonds. The average molecular weight is 237 g/mol. The zero-order chi connectivity index (χ0) is 12.3. The van der Waals surface area contributed by atoms with Crippen LogP contribution < -0.4 is 10.5 Å². The van der Waals surface area contributed by atoms with Gasteiger partial charge in [0.05, 0.1) is 11.6 Å². The first-order valence-electron chi connectivity index (χ1n) is 5.41. The first-order valence-corrected chi connectivity index (χ1v) is 5.82. The van der Waals surface area contributed by atoms with Crippen LogP contribution in [0.1, 0.15) is 23.6 Å². The lowest BCUT2D eigenvalue weighted by atomic mass is 10.1. The molecule has 0 radical (unpaired) electrons. The van der Waals surface area contributed by atoms with E-state index in [-0.39, 0.29) is 5.92 Å². The monoisotopic (exact) mass is 237 g/mol. The Labute approximate surface area is 103 Å². The van der Waals surface area contributed by atoms with Crippen LogP contribution in [0.2, 0.25) is 0 Å². The van der Waals surface area contributed by atoms with Gasteiger partial charge in [-0.3, -0.25) is 0 Å². The van der Waals surface area contributed by atoms with E-state index in [1.807, 2.05) is 13.8 Å². The third-order valence-corrected chi connectivity index (χ3v) is 3.17. The fourth-order valence-corrected chi connectivity index (χ4v) is 1.45.